The maximum atomic E-state index is 5.96. The van der Waals surface area contributed by atoms with Crippen molar-refractivity contribution in [1.82, 2.24) is 10.1 Å². The fraction of sp³-hybridized carbons (Fsp3) is 0.375. The fourth-order valence-electron chi connectivity index (χ4n) is 5.20. The molecule has 2 saturated heterocycles. The Labute approximate surface area is 173 Å². The maximum Gasteiger partial charge on any atom is 0.142 e. The van der Waals surface area contributed by atoms with E-state index in [9.17, 15) is 0 Å². The van der Waals surface area contributed by atoms with Gasteiger partial charge < -0.3 is 4.52 Å². The molecule has 2 aliphatic rings. The zero-order chi connectivity index (χ0) is 18.4. The molecule has 4 atom stereocenters. The Morgan fingerprint density at radius 3 is 2.50 bits per heavy atom. The van der Waals surface area contributed by atoms with Crippen molar-refractivity contribution >= 4 is 12.4 Å². The fourth-order valence-corrected chi connectivity index (χ4v) is 5.20. The molecule has 2 aliphatic heterocycles. The number of benzene rings is 2. The largest absolute Gasteiger partial charge is 0.360 e. The number of rotatable bonds is 3. The van der Waals surface area contributed by atoms with Crippen LogP contribution < -0.4 is 0 Å². The lowest BCUT2D eigenvalue weighted by Gasteiger charge is -2.42. The summed E-state index contributed by atoms with van der Waals surface area (Å²) < 4.78 is 5.96. The quantitative estimate of drug-likeness (QED) is 0.561. The van der Waals surface area contributed by atoms with Gasteiger partial charge in [0.05, 0.1) is 0 Å². The van der Waals surface area contributed by atoms with Gasteiger partial charge in [0.25, 0.3) is 0 Å². The lowest BCUT2D eigenvalue weighted by atomic mass is 9.74. The van der Waals surface area contributed by atoms with Crippen LogP contribution in [-0.2, 0) is 0 Å². The van der Waals surface area contributed by atoms with E-state index >= 15 is 0 Å². The smallest absolute Gasteiger partial charge is 0.142 e. The van der Waals surface area contributed by atoms with Crippen molar-refractivity contribution in [2.45, 2.75) is 50.1 Å². The second kappa shape index (κ2) is 7.73. The average molecular weight is 395 g/mol. The monoisotopic (exact) mass is 394 g/mol. The second-order valence-corrected chi connectivity index (χ2v) is 8.22. The minimum Gasteiger partial charge on any atom is -0.360 e. The zero-order valence-corrected chi connectivity index (χ0v) is 17.2. The number of fused-ring (bicyclic) bond motifs is 2. The molecule has 3 nitrogen and oxygen atoms in total. The Balaban J connectivity index is 0.00000192. The minimum atomic E-state index is 0. The van der Waals surface area contributed by atoms with Gasteiger partial charge in [-0.2, -0.15) is 0 Å². The van der Waals surface area contributed by atoms with Crippen LogP contribution in [0.5, 0.6) is 0 Å². The van der Waals surface area contributed by atoms with Gasteiger partial charge in [0.15, 0.2) is 0 Å². The van der Waals surface area contributed by atoms with Crippen molar-refractivity contribution in [3.63, 3.8) is 0 Å². The van der Waals surface area contributed by atoms with Crippen LogP contribution in [0.4, 0.5) is 0 Å². The average Bonchev–Trinajstić information content (AvgIpc) is 3.26. The van der Waals surface area contributed by atoms with E-state index in [0.717, 1.165) is 17.0 Å². The summed E-state index contributed by atoms with van der Waals surface area (Å²) in [6.07, 6.45) is 3.73. The third-order valence-corrected chi connectivity index (χ3v) is 6.70. The molecule has 0 N–H and O–H groups in total. The normalized spacial score (nSPS) is 26.8. The Morgan fingerprint density at radius 2 is 1.75 bits per heavy atom. The van der Waals surface area contributed by atoms with Crippen molar-refractivity contribution in [1.29, 1.82) is 0 Å². The maximum absolute atomic E-state index is 5.96. The molecule has 0 saturated carbocycles. The minimum absolute atomic E-state index is 0. The molecule has 2 unspecified atom stereocenters. The Bertz CT molecular complexity index is 921. The summed E-state index contributed by atoms with van der Waals surface area (Å²) in [7, 11) is 2.29. The molecule has 3 aromatic rings. The number of aryl methyl sites for hydroxylation is 1. The van der Waals surface area contributed by atoms with E-state index in [1.807, 2.05) is 6.07 Å². The van der Waals surface area contributed by atoms with Crippen LogP contribution in [0.3, 0.4) is 0 Å². The van der Waals surface area contributed by atoms with Gasteiger partial charge in [-0.05, 0) is 44.7 Å². The number of aromatic nitrogens is 1. The predicted octanol–water partition coefficient (Wildman–Crippen LogP) is 5.81. The van der Waals surface area contributed by atoms with Crippen LogP contribution >= 0.6 is 12.4 Å². The summed E-state index contributed by atoms with van der Waals surface area (Å²) in [5, 5.41) is 4.42. The molecule has 2 bridgehead atoms. The number of nitrogens with zero attached hydrogens (tertiary/aromatic N) is 2. The summed E-state index contributed by atoms with van der Waals surface area (Å²) in [6, 6.07) is 22.8. The summed E-state index contributed by atoms with van der Waals surface area (Å²) in [5.74, 6) is 1.90. The van der Waals surface area contributed by atoms with E-state index in [2.05, 4.69) is 78.6 Å². The zero-order valence-electron chi connectivity index (χ0n) is 16.4. The Hall–Kier alpha value is -2.10. The van der Waals surface area contributed by atoms with Crippen LogP contribution in [0, 0.1) is 6.92 Å². The first-order valence-electron chi connectivity index (χ1n) is 10.0. The molecule has 4 heteroatoms. The standard InChI is InChI=1S/C24H26N2O.ClH/c1-16-8-10-17(11-9-16)20-14-19-12-13-22(26(19)2)24(20)23-15-21(25-27-23)18-6-4-3-5-7-18;/h3-11,15,19-20,22,24H,12-14H2,1-2H3;1H/t19?,20-,22?,24+;/m1./s1. The molecular weight excluding hydrogens is 368 g/mol. The number of piperidine rings is 1. The van der Waals surface area contributed by atoms with Crippen LogP contribution in [0.1, 0.15) is 48.0 Å². The first-order chi connectivity index (χ1) is 13.2. The van der Waals surface area contributed by atoms with E-state index in [0.29, 0.717) is 23.9 Å². The van der Waals surface area contributed by atoms with Gasteiger partial charge in [-0.1, -0.05) is 65.3 Å². The van der Waals surface area contributed by atoms with Gasteiger partial charge >= 0.3 is 0 Å². The molecule has 28 heavy (non-hydrogen) atoms. The van der Waals surface area contributed by atoms with Gasteiger partial charge in [0, 0.05) is 29.6 Å². The highest BCUT2D eigenvalue weighted by molar-refractivity contribution is 5.85. The Morgan fingerprint density at radius 1 is 1.00 bits per heavy atom. The number of hydrogen-bond donors (Lipinski definition) is 0. The van der Waals surface area contributed by atoms with E-state index < -0.39 is 0 Å². The molecule has 2 aromatic carbocycles. The predicted molar refractivity (Wildman–Crippen MR) is 115 cm³/mol. The summed E-state index contributed by atoms with van der Waals surface area (Å²) >= 11 is 0. The first kappa shape index (κ1) is 19.2. The third kappa shape index (κ3) is 3.27. The van der Waals surface area contributed by atoms with Crippen LogP contribution in [0.2, 0.25) is 0 Å². The van der Waals surface area contributed by atoms with Crippen LogP contribution in [0.25, 0.3) is 11.3 Å². The summed E-state index contributed by atoms with van der Waals surface area (Å²) in [6.45, 7) is 2.15. The first-order valence-corrected chi connectivity index (χ1v) is 10.0. The molecule has 0 radical (unpaired) electrons. The number of halogens is 1. The van der Waals surface area contributed by atoms with Crippen molar-refractivity contribution in [3.05, 3.63) is 77.6 Å². The molecule has 1 aromatic heterocycles. The second-order valence-electron chi connectivity index (χ2n) is 8.22. The van der Waals surface area contributed by atoms with Crippen molar-refractivity contribution < 1.29 is 4.52 Å². The molecule has 0 aliphatic carbocycles. The van der Waals surface area contributed by atoms with Gasteiger partial charge in [0.2, 0.25) is 0 Å². The highest BCUT2D eigenvalue weighted by Crippen LogP contribution is 2.51. The highest BCUT2D eigenvalue weighted by Gasteiger charge is 2.48. The van der Waals surface area contributed by atoms with E-state index in [1.165, 1.54) is 30.4 Å². The van der Waals surface area contributed by atoms with E-state index in [1.54, 1.807) is 0 Å². The molecule has 2 fully saturated rings. The summed E-state index contributed by atoms with van der Waals surface area (Å²) in [5.41, 5.74) is 4.81. The van der Waals surface area contributed by atoms with Crippen LogP contribution in [0.15, 0.2) is 65.2 Å². The number of hydrogen-bond acceptors (Lipinski definition) is 3. The third-order valence-electron chi connectivity index (χ3n) is 6.70. The number of likely N-dealkylation sites (N-methyl/N-ethyl adjacent to an activating group) is 1. The van der Waals surface area contributed by atoms with Crippen molar-refractivity contribution in [2.75, 3.05) is 7.05 Å². The SMILES string of the molecule is Cc1ccc([C@H]2CC3CCC([C@H]2c2cc(-c4ccccc4)no2)N3C)cc1.Cl. The molecule has 146 valence electrons. The van der Waals surface area contributed by atoms with Gasteiger partial charge in [-0.15, -0.1) is 12.4 Å². The molecule has 3 heterocycles. The topological polar surface area (TPSA) is 29.3 Å². The van der Waals surface area contributed by atoms with Gasteiger partial charge in [-0.25, -0.2) is 0 Å². The highest BCUT2D eigenvalue weighted by atomic mass is 35.5. The van der Waals surface area contributed by atoms with E-state index in [-0.39, 0.29) is 12.4 Å². The van der Waals surface area contributed by atoms with Crippen molar-refractivity contribution in [3.8, 4) is 11.3 Å². The van der Waals surface area contributed by atoms with E-state index in [4.69, 9.17) is 4.52 Å². The molecule has 5 rings (SSSR count). The van der Waals surface area contributed by atoms with Crippen molar-refractivity contribution in [2.24, 2.45) is 0 Å². The van der Waals surface area contributed by atoms with Gasteiger partial charge in [0.1, 0.15) is 11.5 Å². The lowest BCUT2D eigenvalue weighted by molar-refractivity contribution is 0.122. The Kier molecular flexibility index (Phi) is 5.31. The molecular formula is C24H27ClN2O. The summed E-state index contributed by atoms with van der Waals surface area (Å²) in [4.78, 5) is 2.58. The lowest BCUT2D eigenvalue weighted by Crippen LogP contribution is -2.44. The molecule has 0 amide bonds. The molecule has 0 spiro atoms. The van der Waals surface area contributed by atoms with Crippen LogP contribution in [-0.4, -0.2) is 29.2 Å². The van der Waals surface area contributed by atoms with Gasteiger partial charge in [-0.3, -0.25) is 4.90 Å².